The van der Waals surface area contributed by atoms with Crippen molar-refractivity contribution in [1.29, 1.82) is 0 Å². The van der Waals surface area contributed by atoms with Crippen molar-refractivity contribution in [2.75, 3.05) is 31.1 Å². The summed E-state index contributed by atoms with van der Waals surface area (Å²) in [6.45, 7) is 2.99. The summed E-state index contributed by atoms with van der Waals surface area (Å²) in [6, 6.07) is 0.0626. The van der Waals surface area contributed by atoms with Gasteiger partial charge in [-0.3, -0.25) is 0 Å². The number of rotatable bonds is 3. The number of hydrogen-bond acceptors (Lipinski definition) is 6. The lowest BCUT2D eigenvalue weighted by Gasteiger charge is -2.34. The zero-order valence-electron chi connectivity index (χ0n) is 11.4. The van der Waals surface area contributed by atoms with Gasteiger partial charge in [-0.2, -0.15) is 13.2 Å². The average molecular weight is 304 g/mol. The molecular weight excluding hydrogens is 289 g/mol. The van der Waals surface area contributed by atoms with Crippen LogP contribution in [0.15, 0.2) is 12.3 Å². The van der Waals surface area contributed by atoms with Crippen molar-refractivity contribution >= 4 is 11.9 Å². The number of esters is 1. The molecule has 1 atom stereocenters. The highest BCUT2D eigenvalue weighted by molar-refractivity contribution is 5.80. The zero-order valence-corrected chi connectivity index (χ0v) is 11.4. The monoisotopic (exact) mass is 304 g/mol. The van der Waals surface area contributed by atoms with E-state index in [1.807, 2.05) is 0 Å². The predicted molar refractivity (Wildman–Crippen MR) is 67.7 cm³/mol. The molecule has 1 aromatic heterocycles. The highest BCUT2D eigenvalue weighted by Crippen LogP contribution is 2.28. The summed E-state index contributed by atoms with van der Waals surface area (Å²) in [4.78, 5) is 20.7. The lowest BCUT2D eigenvalue weighted by Crippen LogP contribution is -2.56. The predicted octanol–water partition coefficient (Wildman–Crippen LogP) is 0.837. The van der Waals surface area contributed by atoms with Crippen LogP contribution >= 0.6 is 0 Å². The number of alkyl halides is 3. The first-order valence-corrected chi connectivity index (χ1v) is 6.47. The van der Waals surface area contributed by atoms with E-state index in [1.54, 1.807) is 6.92 Å². The lowest BCUT2D eigenvalue weighted by atomic mass is 10.2. The smallest absolute Gasteiger partial charge is 0.433 e. The Morgan fingerprint density at radius 1 is 1.57 bits per heavy atom. The Balaban J connectivity index is 2.27. The second-order valence-corrected chi connectivity index (χ2v) is 4.41. The molecule has 1 fully saturated rings. The molecular formula is C12H15F3N4O2. The van der Waals surface area contributed by atoms with Gasteiger partial charge in [0.1, 0.15) is 11.7 Å². The highest BCUT2D eigenvalue weighted by atomic mass is 19.4. The molecule has 116 valence electrons. The van der Waals surface area contributed by atoms with Gasteiger partial charge in [0, 0.05) is 25.8 Å². The topological polar surface area (TPSA) is 67.3 Å². The third kappa shape index (κ3) is 3.60. The number of nitrogens with one attached hydrogen (secondary N) is 1. The fourth-order valence-electron chi connectivity index (χ4n) is 2.04. The average Bonchev–Trinajstić information content (AvgIpc) is 2.47. The van der Waals surface area contributed by atoms with Gasteiger partial charge in [0.05, 0.1) is 6.61 Å². The van der Waals surface area contributed by atoms with Gasteiger partial charge in [0.25, 0.3) is 0 Å². The van der Waals surface area contributed by atoms with Gasteiger partial charge in [-0.1, -0.05) is 0 Å². The molecule has 1 saturated heterocycles. The summed E-state index contributed by atoms with van der Waals surface area (Å²) >= 11 is 0. The van der Waals surface area contributed by atoms with E-state index in [0.717, 1.165) is 12.3 Å². The molecule has 1 aliphatic heterocycles. The first kappa shape index (κ1) is 15.5. The fourth-order valence-corrected chi connectivity index (χ4v) is 2.04. The standard InChI is InChI=1S/C12H15F3N4O2/c1-2-21-10(20)8-7-16-5-6-19(8)11-17-4-3-9(18-11)12(13,14)15/h3-4,8,16H,2,5-7H2,1H3. The minimum Gasteiger partial charge on any atom is -0.464 e. The molecule has 2 heterocycles. The van der Waals surface area contributed by atoms with E-state index in [0.29, 0.717) is 13.1 Å². The maximum Gasteiger partial charge on any atom is 0.433 e. The highest BCUT2D eigenvalue weighted by Gasteiger charge is 2.36. The van der Waals surface area contributed by atoms with E-state index in [-0.39, 0.29) is 19.1 Å². The molecule has 0 radical (unpaired) electrons. The van der Waals surface area contributed by atoms with Crippen LogP contribution in [-0.2, 0) is 15.7 Å². The minimum absolute atomic E-state index is 0.121. The molecule has 0 saturated carbocycles. The molecule has 0 aromatic carbocycles. The largest absolute Gasteiger partial charge is 0.464 e. The van der Waals surface area contributed by atoms with Crippen LogP contribution < -0.4 is 10.2 Å². The third-order valence-corrected chi connectivity index (χ3v) is 2.99. The maximum absolute atomic E-state index is 12.7. The van der Waals surface area contributed by atoms with E-state index in [2.05, 4.69) is 15.3 Å². The second kappa shape index (κ2) is 6.25. The van der Waals surface area contributed by atoms with Gasteiger partial charge < -0.3 is 15.0 Å². The number of anilines is 1. The first-order valence-electron chi connectivity index (χ1n) is 6.47. The number of aromatic nitrogens is 2. The normalized spacial score (nSPS) is 19.4. The molecule has 0 amide bonds. The van der Waals surface area contributed by atoms with E-state index >= 15 is 0 Å². The molecule has 1 aliphatic rings. The molecule has 1 unspecified atom stereocenters. The zero-order chi connectivity index (χ0) is 15.5. The van der Waals surface area contributed by atoms with Crippen molar-refractivity contribution in [1.82, 2.24) is 15.3 Å². The Bertz CT molecular complexity index is 510. The second-order valence-electron chi connectivity index (χ2n) is 4.41. The summed E-state index contributed by atoms with van der Waals surface area (Å²) in [5.41, 5.74) is -1.03. The van der Waals surface area contributed by atoms with E-state index in [9.17, 15) is 18.0 Å². The molecule has 1 aromatic rings. The molecule has 9 heteroatoms. The SMILES string of the molecule is CCOC(=O)C1CNCCN1c1nccc(C(F)(F)F)n1. The van der Waals surface area contributed by atoms with Gasteiger partial charge >= 0.3 is 12.1 Å². The van der Waals surface area contributed by atoms with Gasteiger partial charge in [-0.25, -0.2) is 14.8 Å². The molecule has 21 heavy (non-hydrogen) atoms. The number of nitrogens with zero attached hydrogens (tertiary/aromatic N) is 3. The summed E-state index contributed by atoms with van der Waals surface area (Å²) in [5, 5.41) is 3.00. The third-order valence-electron chi connectivity index (χ3n) is 2.99. The number of piperazine rings is 1. The van der Waals surface area contributed by atoms with Gasteiger partial charge in [-0.05, 0) is 13.0 Å². The van der Waals surface area contributed by atoms with Crippen molar-refractivity contribution in [2.24, 2.45) is 0 Å². The lowest BCUT2D eigenvalue weighted by molar-refractivity contribution is -0.144. The van der Waals surface area contributed by atoms with E-state index < -0.39 is 23.9 Å². The molecule has 0 aliphatic carbocycles. The molecule has 0 spiro atoms. The number of carbonyl (C=O) groups excluding carboxylic acids is 1. The number of hydrogen-bond donors (Lipinski definition) is 1. The van der Waals surface area contributed by atoms with Gasteiger partial charge in [-0.15, -0.1) is 0 Å². The Hall–Kier alpha value is -1.90. The van der Waals surface area contributed by atoms with Crippen LogP contribution in [-0.4, -0.2) is 48.2 Å². The number of halogens is 3. The summed E-state index contributed by atoms with van der Waals surface area (Å²) in [7, 11) is 0. The Labute approximate surface area is 119 Å². The fraction of sp³-hybridized carbons (Fsp3) is 0.583. The minimum atomic E-state index is -4.55. The van der Waals surface area contributed by atoms with Crippen molar-refractivity contribution in [2.45, 2.75) is 19.1 Å². The molecule has 0 bridgehead atoms. The van der Waals surface area contributed by atoms with Gasteiger partial charge in [0.15, 0.2) is 0 Å². The molecule has 2 rings (SSSR count). The van der Waals surface area contributed by atoms with Crippen LogP contribution in [0, 0.1) is 0 Å². The quantitative estimate of drug-likeness (QED) is 0.835. The van der Waals surface area contributed by atoms with E-state index in [1.165, 1.54) is 4.90 Å². The van der Waals surface area contributed by atoms with Crippen molar-refractivity contribution < 1.29 is 22.7 Å². The molecule has 6 nitrogen and oxygen atoms in total. The van der Waals surface area contributed by atoms with Crippen LogP contribution in [0.1, 0.15) is 12.6 Å². The van der Waals surface area contributed by atoms with Gasteiger partial charge in [0.2, 0.25) is 5.95 Å². The summed E-state index contributed by atoms with van der Waals surface area (Å²) < 4.78 is 43.0. The first-order chi connectivity index (χ1) is 9.93. The van der Waals surface area contributed by atoms with Crippen LogP contribution in [0.2, 0.25) is 0 Å². The van der Waals surface area contributed by atoms with Crippen LogP contribution in [0.25, 0.3) is 0 Å². The number of carbonyl (C=O) groups is 1. The number of ether oxygens (including phenoxy) is 1. The maximum atomic E-state index is 12.7. The summed E-state index contributed by atoms with van der Waals surface area (Å²) in [6.07, 6.45) is -3.51. The van der Waals surface area contributed by atoms with Crippen molar-refractivity contribution in [3.05, 3.63) is 18.0 Å². The van der Waals surface area contributed by atoms with Crippen LogP contribution in [0.4, 0.5) is 19.1 Å². The summed E-state index contributed by atoms with van der Waals surface area (Å²) in [5.74, 6) is -0.630. The van der Waals surface area contributed by atoms with Crippen molar-refractivity contribution in [3.63, 3.8) is 0 Å². The van der Waals surface area contributed by atoms with E-state index in [4.69, 9.17) is 4.74 Å². The van der Waals surface area contributed by atoms with Crippen LogP contribution in [0.3, 0.4) is 0 Å². The van der Waals surface area contributed by atoms with Crippen LogP contribution in [0.5, 0.6) is 0 Å². The Morgan fingerprint density at radius 2 is 2.33 bits per heavy atom. The Kier molecular flexibility index (Phi) is 4.61. The Morgan fingerprint density at radius 3 is 3.00 bits per heavy atom. The molecule has 1 N–H and O–H groups in total. The van der Waals surface area contributed by atoms with Crippen molar-refractivity contribution in [3.8, 4) is 0 Å².